The highest BCUT2D eigenvalue weighted by Gasteiger charge is 2.37. The molecule has 2 amide bonds. The van der Waals surface area contributed by atoms with Crippen LogP contribution in [0.5, 0.6) is 23.0 Å². The Morgan fingerprint density at radius 3 is 2.08 bits per heavy atom. The smallest absolute Gasteiger partial charge is 0.265 e. The van der Waals surface area contributed by atoms with Crippen LogP contribution in [0.1, 0.15) is 43.2 Å². The van der Waals surface area contributed by atoms with Gasteiger partial charge in [0.2, 0.25) is 11.8 Å². The van der Waals surface area contributed by atoms with Crippen molar-refractivity contribution in [3.05, 3.63) is 107 Å². The molecule has 0 spiro atoms. The number of anilines is 1. The quantitative estimate of drug-likeness (QED) is 0.132. The number of ether oxygens (including phenoxy) is 4. The number of amides is 2. The summed E-state index contributed by atoms with van der Waals surface area (Å²) < 4.78 is 53.3. The third-order valence-corrected chi connectivity index (χ3v) is 11.6. The highest BCUT2D eigenvalue weighted by Crippen LogP contribution is 2.38. The fourth-order valence-corrected chi connectivity index (χ4v) is 8.19. The van der Waals surface area contributed by atoms with Crippen LogP contribution in [0, 0.1) is 0 Å². The number of benzene rings is 4. The highest BCUT2D eigenvalue weighted by molar-refractivity contribution is 9.10. The second kappa shape index (κ2) is 18.3. The molecule has 4 aromatic rings. The Morgan fingerprint density at radius 1 is 0.774 bits per heavy atom. The van der Waals surface area contributed by atoms with E-state index in [1.807, 2.05) is 54.6 Å². The predicted molar refractivity (Wildman–Crippen MR) is 207 cm³/mol. The zero-order chi connectivity index (χ0) is 38.0. The van der Waals surface area contributed by atoms with Crippen LogP contribution in [0.15, 0.2) is 100 Å². The molecule has 1 fully saturated rings. The van der Waals surface area contributed by atoms with Crippen LogP contribution in [0.2, 0.25) is 0 Å². The van der Waals surface area contributed by atoms with Gasteiger partial charge < -0.3 is 29.2 Å². The lowest BCUT2D eigenvalue weighted by atomic mass is 9.94. The number of methoxy groups -OCH3 is 4. The molecular formula is C40H46BrN3O8S. The van der Waals surface area contributed by atoms with Gasteiger partial charge in [0.25, 0.3) is 10.0 Å². The van der Waals surface area contributed by atoms with Crippen LogP contribution >= 0.6 is 15.9 Å². The second-order valence-electron chi connectivity index (χ2n) is 12.8. The molecule has 1 N–H and O–H groups in total. The number of rotatable bonds is 16. The summed E-state index contributed by atoms with van der Waals surface area (Å²) in [5.74, 6) is 0.179. The number of nitrogens with one attached hydrogen (secondary N) is 1. The van der Waals surface area contributed by atoms with Crippen molar-refractivity contribution in [1.29, 1.82) is 0 Å². The average Bonchev–Trinajstić information content (AvgIpc) is 3.18. The van der Waals surface area contributed by atoms with E-state index in [9.17, 15) is 18.0 Å². The molecule has 0 saturated heterocycles. The molecule has 282 valence electrons. The lowest BCUT2D eigenvalue weighted by molar-refractivity contribution is -0.140. The van der Waals surface area contributed by atoms with Crippen molar-refractivity contribution in [2.24, 2.45) is 0 Å². The molecular weight excluding hydrogens is 762 g/mol. The maximum atomic E-state index is 15.0. The molecule has 0 aromatic heterocycles. The van der Waals surface area contributed by atoms with E-state index in [0.29, 0.717) is 11.5 Å². The van der Waals surface area contributed by atoms with Gasteiger partial charge in [-0.3, -0.25) is 13.9 Å². The molecule has 1 aliphatic rings. The number of carbonyl (C=O) groups excluding carboxylic acids is 2. The van der Waals surface area contributed by atoms with Crippen molar-refractivity contribution in [3.63, 3.8) is 0 Å². The first-order chi connectivity index (χ1) is 25.6. The van der Waals surface area contributed by atoms with Crippen molar-refractivity contribution >= 4 is 43.5 Å². The van der Waals surface area contributed by atoms with Crippen LogP contribution in [0.25, 0.3) is 0 Å². The van der Waals surface area contributed by atoms with Crippen LogP contribution < -0.4 is 28.6 Å². The minimum absolute atomic E-state index is 0.0119. The van der Waals surface area contributed by atoms with E-state index < -0.39 is 28.5 Å². The molecule has 13 heteroatoms. The van der Waals surface area contributed by atoms with E-state index in [-0.39, 0.29) is 47.0 Å². The van der Waals surface area contributed by atoms with Crippen LogP contribution in [-0.4, -0.2) is 72.2 Å². The third kappa shape index (κ3) is 9.82. The molecule has 11 nitrogen and oxygen atoms in total. The summed E-state index contributed by atoms with van der Waals surface area (Å²) in [5.41, 5.74) is 1.69. The third-order valence-electron chi connectivity index (χ3n) is 9.37. The standard InChI is InChI=1S/C40H46BrN3O8S/c1-49-32-19-21-36(50-2)34(24-32)44(53(47,48)33-20-22-37(51-3)38(25-33)52-4)27-39(45)43(26-29-15-17-30(41)18-16-29)35(23-28-11-7-5-8-12-28)40(46)42-31-13-9-6-10-14-31/h5,7-8,11-12,15-22,24-25,31,35H,6,9-10,13-14,23,26-27H2,1-4H3,(H,42,46)/t35-/m0/s1. The summed E-state index contributed by atoms with van der Waals surface area (Å²) in [6.45, 7) is -0.625. The molecule has 5 rings (SSSR count). The highest BCUT2D eigenvalue weighted by atomic mass is 79.9. The number of nitrogens with zero attached hydrogens (tertiary/aromatic N) is 2. The van der Waals surface area contributed by atoms with E-state index in [2.05, 4.69) is 21.2 Å². The molecule has 0 aliphatic heterocycles. The Morgan fingerprint density at radius 2 is 1.43 bits per heavy atom. The fourth-order valence-electron chi connectivity index (χ4n) is 6.49. The topological polar surface area (TPSA) is 124 Å². The van der Waals surface area contributed by atoms with Gasteiger partial charge in [-0.15, -0.1) is 0 Å². The summed E-state index contributed by atoms with van der Waals surface area (Å²) in [6, 6.07) is 24.9. The van der Waals surface area contributed by atoms with Gasteiger partial charge in [0.15, 0.2) is 11.5 Å². The van der Waals surface area contributed by atoms with E-state index >= 15 is 0 Å². The molecule has 1 atom stereocenters. The monoisotopic (exact) mass is 807 g/mol. The second-order valence-corrected chi connectivity index (χ2v) is 15.5. The Labute approximate surface area is 320 Å². The fraction of sp³-hybridized carbons (Fsp3) is 0.350. The summed E-state index contributed by atoms with van der Waals surface area (Å²) in [7, 11) is 1.24. The minimum Gasteiger partial charge on any atom is -0.497 e. The largest absolute Gasteiger partial charge is 0.497 e. The Kier molecular flexibility index (Phi) is 13.6. The summed E-state index contributed by atoms with van der Waals surface area (Å²) in [4.78, 5) is 30.7. The molecule has 4 aromatic carbocycles. The van der Waals surface area contributed by atoms with Gasteiger partial charge in [0.1, 0.15) is 24.1 Å². The predicted octanol–water partition coefficient (Wildman–Crippen LogP) is 6.77. The number of sulfonamides is 1. The normalized spacial score (nSPS) is 13.8. The van der Waals surface area contributed by atoms with Gasteiger partial charge in [-0.2, -0.15) is 0 Å². The Hall–Kier alpha value is -4.75. The van der Waals surface area contributed by atoms with Gasteiger partial charge >= 0.3 is 0 Å². The maximum absolute atomic E-state index is 15.0. The van der Waals surface area contributed by atoms with E-state index in [1.54, 1.807) is 12.1 Å². The molecule has 1 saturated carbocycles. The Bertz CT molecular complexity index is 1950. The first-order valence-corrected chi connectivity index (χ1v) is 19.7. The first-order valence-electron chi connectivity index (χ1n) is 17.4. The van der Waals surface area contributed by atoms with E-state index in [0.717, 1.165) is 52.0 Å². The maximum Gasteiger partial charge on any atom is 0.265 e. The SMILES string of the molecule is COc1ccc(OC)c(N(CC(=O)N(Cc2ccc(Br)cc2)[C@@H](Cc2ccccc2)C(=O)NC2CCCCC2)S(=O)(=O)c2ccc(OC)c(OC)c2)c1. The summed E-state index contributed by atoms with van der Waals surface area (Å²) >= 11 is 3.48. The molecule has 1 aliphatic carbocycles. The number of carbonyl (C=O) groups is 2. The molecule has 0 heterocycles. The van der Waals surface area contributed by atoms with Crippen molar-refractivity contribution < 1.29 is 37.0 Å². The molecule has 53 heavy (non-hydrogen) atoms. The lowest BCUT2D eigenvalue weighted by Gasteiger charge is -2.35. The van der Waals surface area contributed by atoms with Crippen LogP contribution in [0.4, 0.5) is 5.69 Å². The summed E-state index contributed by atoms with van der Waals surface area (Å²) in [5, 5.41) is 3.23. The van der Waals surface area contributed by atoms with E-state index in [1.165, 1.54) is 57.6 Å². The number of hydrogen-bond donors (Lipinski definition) is 1. The van der Waals surface area contributed by atoms with E-state index in [4.69, 9.17) is 18.9 Å². The van der Waals surface area contributed by atoms with Crippen LogP contribution in [-0.2, 0) is 32.6 Å². The van der Waals surface area contributed by atoms with Crippen molar-refractivity contribution in [2.75, 3.05) is 39.3 Å². The number of halogens is 1. The zero-order valence-corrected chi connectivity index (χ0v) is 32.8. The zero-order valence-electron chi connectivity index (χ0n) is 30.4. The van der Waals surface area contributed by atoms with Gasteiger partial charge in [-0.1, -0.05) is 77.7 Å². The molecule has 0 unspecified atom stereocenters. The molecule has 0 radical (unpaired) electrons. The van der Waals surface area contributed by atoms with Crippen molar-refractivity contribution in [2.45, 2.75) is 62.0 Å². The van der Waals surface area contributed by atoms with Crippen molar-refractivity contribution in [3.8, 4) is 23.0 Å². The summed E-state index contributed by atoms with van der Waals surface area (Å²) in [6.07, 6.45) is 5.08. The van der Waals surface area contributed by atoms with Gasteiger partial charge in [0.05, 0.1) is 39.0 Å². The number of hydrogen-bond acceptors (Lipinski definition) is 8. The minimum atomic E-state index is -4.50. The van der Waals surface area contributed by atoms with Gasteiger partial charge in [-0.25, -0.2) is 8.42 Å². The first kappa shape index (κ1) is 39.5. The van der Waals surface area contributed by atoms with Gasteiger partial charge in [0, 0.05) is 35.6 Å². The lowest BCUT2D eigenvalue weighted by Crippen LogP contribution is -2.55. The molecule has 0 bridgehead atoms. The van der Waals surface area contributed by atoms with Crippen molar-refractivity contribution in [1.82, 2.24) is 10.2 Å². The van der Waals surface area contributed by atoms with Crippen LogP contribution in [0.3, 0.4) is 0 Å². The average molecular weight is 809 g/mol. The Balaban J connectivity index is 1.63. The van der Waals surface area contributed by atoms with Gasteiger partial charge in [-0.05, 0) is 60.4 Å².